The fourth-order valence-corrected chi connectivity index (χ4v) is 1.89. The maximum Gasteiger partial charge on any atom is 0.129 e. The summed E-state index contributed by atoms with van der Waals surface area (Å²) in [5.74, 6) is 1.82. The topological polar surface area (TPSA) is 42.1 Å². The van der Waals surface area contributed by atoms with Gasteiger partial charge in [0, 0.05) is 24.8 Å². The number of anilines is 1. The number of rotatable bonds is 4. The van der Waals surface area contributed by atoms with E-state index in [1.54, 1.807) is 0 Å². The van der Waals surface area contributed by atoms with Gasteiger partial charge >= 0.3 is 0 Å². The van der Waals surface area contributed by atoms with E-state index in [0.29, 0.717) is 4.99 Å². The van der Waals surface area contributed by atoms with Crippen molar-refractivity contribution >= 4 is 23.0 Å². The van der Waals surface area contributed by atoms with Crippen LogP contribution in [0.5, 0.6) is 0 Å². The second-order valence-electron chi connectivity index (χ2n) is 4.54. The van der Waals surface area contributed by atoms with E-state index in [0.717, 1.165) is 29.5 Å². The number of hydrogen-bond donors (Lipinski definition) is 1. The molecular formula is C12H17N3S. The number of nitrogens with two attached hydrogens (primary N) is 1. The van der Waals surface area contributed by atoms with Crippen molar-refractivity contribution in [3.8, 4) is 0 Å². The van der Waals surface area contributed by atoms with Gasteiger partial charge in [-0.05, 0) is 37.8 Å². The first-order chi connectivity index (χ1) is 7.56. The molecule has 1 aliphatic carbocycles. The lowest BCUT2D eigenvalue weighted by molar-refractivity contribution is 0.775. The molecule has 1 fully saturated rings. The second-order valence-corrected chi connectivity index (χ2v) is 4.98. The monoisotopic (exact) mass is 235 g/mol. The molecule has 16 heavy (non-hydrogen) atoms. The molecule has 0 atom stereocenters. The summed E-state index contributed by atoms with van der Waals surface area (Å²) in [6.07, 6.45) is 2.69. The van der Waals surface area contributed by atoms with Gasteiger partial charge in [0.1, 0.15) is 10.8 Å². The van der Waals surface area contributed by atoms with E-state index in [9.17, 15) is 0 Å². The number of thiocarbonyl (C=S) groups is 1. The Balaban J connectivity index is 2.21. The van der Waals surface area contributed by atoms with Gasteiger partial charge < -0.3 is 10.6 Å². The molecule has 0 radical (unpaired) electrons. The molecule has 0 bridgehead atoms. The van der Waals surface area contributed by atoms with Crippen LogP contribution < -0.4 is 10.6 Å². The van der Waals surface area contributed by atoms with Crippen LogP contribution in [0.4, 0.5) is 5.82 Å². The van der Waals surface area contributed by atoms with Crippen LogP contribution in [0, 0.1) is 12.8 Å². The third-order valence-electron chi connectivity index (χ3n) is 2.84. The summed E-state index contributed by atoms with van der Waals surface area (Å²) in [4.78, 5) is 7.13. The van der Waals surface area contributed by atoms with Crippen LogP contribution >= 0.6 is 12.2 Å². The zero-order valence-corrected chi connectivity index (χ0v) is 10.5. The Morgan fingerprint density at radius 3 is 2.81 bits per heavy atom. The van der Waals surface area contributed by atoms with Crippen molar-refractivity contribution < 1.29 is 0 Å². The zero-order valence-electron chi connectivity index (χ0n) is 9.73. The minimum Gasteiger partial charge on any atom is -0.389 e. The largest absolute Gasteiger partial charge is 0.389 e. The summed E-state index contributed by atoms with van der Waals surface area (Å²) in [5, 5.41) is 0. The summed E-state index contributed by atoms with van der Waals surface area (Å²) >= 11 is 5.00. The van der Waals surface area contributed by atoms with Crippen molar-refractivity contribution in [1.82, 2.24) is 4.98 Å². The molecule has 1 aliphatic rings. The van der Waals surface area contributed by atoms with E-state index < -0.39 is 0 Å². The summed E-state index contributed by atoms with van der Waals surface area (Å²) in [6, 6.07) is 3.90. The lowest BCUT2D eigenvalue weighted by atomic mass is 10.2. The number of pyridine rings is 1. The normalized spacial score (nSPS) is 14.9. The summed E-state index contributed by atoms with van der Waals surface area (Å²) in [5.41, 5.74) is 7.51. The van der Waals surface area contributed by atoms with E-state index in [1.807, 2.05) is 19.1 Å². The van der Waals surface area contributed by atoms with Crippen molar-refractivity contribution in [3.05, 3.63) is 23.4 Å². The van der Waals surface area contributed by atoms with Gasteiger partial charge in [-0.3, -0.25) is 0 Å². The van der Waals surface area contributed by atoms with Crippen molar-refractivity contribution in [2.45, 2.75) is 19.8 Å². The van der Waals surface area contributed by atoms with Crippen LogP contribution in [0.1, 0.15) is 24.1 Å². The van der Waals surface area contributed by atoms with Gasteiger partial charge in [0.05, 0.1) is 0 Å². The predicted molar refractivity (Wildman–Crippen MR) is 70.9 cm³/mol. The lowest BCUT2D eigenvalue weighted by Crippen LogP contribution is -2.22. The molecule has 4 heteroatoms. The van der Waals surface area contributed by atoms with Crippen molar-refractivity contribution in [3.63, 3.8) is 0 Å². The first kappa shape index (κ1) is 11.3. The van der Waals surface area contributed by atoms with E-state index in [-0.39, 0.29) is 0 Å². The molecule has 0 aliphatic heterocycles. The molecule has 1 aromatic rings. The standard InChI is InChI=1S/C12H17N3S/c1-8-5-10(12(13)16)6-11(14-8)15(2)7-9-3-4-9/h5-6,9H,3-4,7H2,1-2H3,(H2,13,16). The van der Waals surface area contributed by atoms with Crippen LogP contribution in [-0.4, -0.2) is 23.6 Å². The highest BCUT2D eigenvalue weighted by Crippen LogP contribution is 2.30. The highest BCUT2D eigenvalue weighted by atomic mass is 32.1. The summed E-state index contributed by atoms with van der Waals surface area (Å²) in [6.45, 7) is 3.05. The molecule has 0 unspecified atom stereocenters. The highest BCUT2D eigenvalue weighted by molar-refractivity contribution is 7.80. The quantitative estimate of drug-likeness (QED) is 0.809. The molecule has 0 aromatic carbocycles. The van der Waals surface area contributed by atoms with Gasteiger partial charge in [-0.1, -0.05) is 12.2 Å². The maximum atomic E-state index is 5.65. The van der Waals surface area contributed by atoms with Crippen molar-refractivity contribution in [1.29, 1.82) is 0 Å². The Morgan fingerprint density at radius 1 is 1.56 bits per heavy atom. The molecule has 1 saturated carbocycles. The van der Waals surface area contributed by atoms with Gasteiger partial charge in [-0.2, -0.15) is 0 Å². The smallest absolute Gasteiger partial charge is 0.129 e. The van der Waals surface area contributed by atoms with Gasteiger partial charge in [0.25, 0.3) is 0 Å². The van der Waals surface area contributed by atoms with Gasteiger partial charge in [-0.25, -0.2) is 4.98 Å². The number of hydrogen-bond acceptors (Lipinski definition) is 3. The van der Waals surface area contributed by atoms with E-state index >= 15 is 0 Å². The summed E-state index contributed by atoms with van der Waals surface area (Å²) < 4.78 is 0. The molecule has 86 valence electrons. The lowest BCUT2D eigenvalue weighted by Gasteiger charge is -2.19. The average Bonchev–Trinajstić information content (AvgIpc) is 3.00. The van der Waals surface area contributed by atoms with Crippen LogP contribution in [0.15, 0.2) is 12.1 Å². The van der Waals surface area contributed by atoms with Crippen LogP contribution in [-0.2, 0) is 0 Å². The van der Waals surface area contributed by atoms with Crippen LogP contribution in [0.2, 0.25) is 0 Å². The van der Waals surface area contributed by atoms with Crippen molar-refractivity contribution in [2.75, 3.05) is 18.5 Å². The third kappa shape index (κ3) is 2.70. The first-order valence-electron chi connectivity index (χ1n) is 5.56. The highest BCUT2D eigenvalue weighted by Gasteiger charge is 2.23. The van der Waals surface area contributed by atoms with Gasteiger partial charge in [0.15, 0.2) is 0 Å². The SMILES string of the molecule is Cc1cc(C(N)=S)cc(N(C)CC2CC2)n1. The Morgan fingerprint density at radius 2 is 2.25 bits per heavy atom. The van der Waals surface area contributed by atoms with Gasteiger partial charge in [-0.15, -0.1) is 0 Å². The Kier molecular flexibility index (Phi) is 3.10. The zero-order chi connectivity index (χ0) is 11.7. The Bertz CT molecular complexity index is 413. The van der Waals surface area contributed by atoms with Crippen LogP contribution in [0.25, 0.3) is 0 Å². The van der Waals surface area contributed by atoms with E-state index in [4.69, 9.17) is 18.0 Å². The maximum absolute atomic E-state index is 5.65. The third-order valence-corrected chi connectivity index (χ3v) is 3.08. The second kappa shape index (κ2) is 4.37. The summed E-state index contributed by atoms with van der Waals surface area (Å²) in [7, 11) is 2.07. The molecule has 1 heterocycles. The van der Waals surface area contributed by atoms with Crippen molar-refractivity contribution in [2.24, 2.45) is 11.7 Å². The Labute approximate surface area is 102 Å². The van der Waals surface area contributed by atoms with Crippen LogP contribution in [0.3, 0.4) is 0 Å². The molecule has 2 rings (SSSR count). The fourth-order valence-electron chi connectivity index (χ4n) is 1.77. The van der Waals surface area contributed by atoms with E-state index in [2.05, 4.69) is 16.9 Å². The predicted octanol–water partition coefficient (Wildman–Crippen LogP) is 1.87. The van der Waals surface area contributed by atoms with Gasteiger partial charge in [0.2, 0.25) is 0 Å². The molecule has 0 spiro atoms. The molecule has 0 amide bonds. The number of aromatic nitrogens is 1. The fraction of sp³-hybridized carbons (Fsp3) is 0.500. The molecule has 3 nitrogen and oxygen atoms in total. The number of aryl methyl sites for hydroxylation is 1. The molecule has 1 aromatic heterocycles. The first-order valence-corrected chi connectivity index (χ1v) is 5.96. The van der Waals surface area contributed by atoms with E-state index in [1.165, 1.54) is 12.8 Å². The minimum absolute atomic E-state index is 0.437. The molecule has 0 saturated heterocycles. The minimum atomic E-state index is 0.437. The Hall–Kier alpha value is -1.16. The average molecular weight is 235 g/mol. The molecular weight excluding hydrogens is 218 g/mol. The molecule has 2 N–H and O–H groups in total. The number of nitrogens with zero attached hydrogens (tertiary/aromatic N) is 2.